The molecule has 3 N–H and O–H groups in total. The summed E-state index contributed by atoms with van der Waals surface area (Å²) < 4.78 is 61.7. The Morgan fingerprint density at radius 2 is 1.81 bits per heavy atom. The predicted octanol–water partition coefficient (Wildman–Crippen LogP) is 4.06. The number of nitrogens with one attached hydrogen (secondary N) is 3. The van der Waals surface area contributed by atoms with E-state index in [2.05, 4.69) is 40.5 Å². The van der Waals surface area contributed by atoms with Crippen LogP contribution in [0.2, 0.25) is 0 Å². The van der Waals surface area contributed by atoms with Crippen LogP contribution in [0.15, 0.2) is 74.6 Å². The van der Waals surface area contributed by atoms with Gasteiger partial charge in [-0.05, 0) is 54.2 Å². The van der Waals surface area contributed by atoms with Crippen molar-refractivity contribution in [1.82, 2.24) is 5.32 Å². The molecule has 0 saturated heterocycles. The average molecular weight is 613 g/mol. The number of hydrogen-bond acceptors (Lipinski definition) is 9. The van der Waals surface area contributed by atoms with Gasteiger partial charge in [-0.25, -0.2) is 8.42 Å². The summed E-state index contributed by atoms with van der Waals surface area (Å²) >= 11 is 0. The molecule has 0 fully saturated rings. The van der Waals surface area contributed by atoms with Crippen molar-refractivity contribution in [2.45, 2.75) is 50.6 Å². The molecule has 0 spiro atoms. The Bertz CT molecular complexity index is 1810. The molecule has 0 bridgehead atoms. The molecule has 13 heteroatoms. The summed E-state index contributed by atoms with van der Waals surface area (Å²) in [7, 11) is -8.08. The molecule has 1 aliphatic carbocycles. The van der Waals surface area contributed by atoms with Gasteiger partial charge in [-0.3, -0.25) is 19.6 Å². The second kappa shape index (κ2) is 10.5. The monoisotopic (exact) mass is 612 g/mol. The second-order valence-electron chi connectivity index (χ2n) is 11.8. The van der Waals surface area contributed by atoms with Crippen molar-refractivity contribution in [3.05, 3.63) is 77.7 Å². The van der Waals surface area contributed by atoms with Crippen LogP contribution in [0.25, 0.3) is 0 Å². The molecular weight excluding hydrogens is 580 g/mol. The molecule has 1 aromatic heterocycles. The topological polar surface area (TPSA) is 164 Å². The van der Waals surface area contributed by atoms with Gasteiger partial charge in [-0.15, -0.1) is 4.40 Å². The molecule has 2 heterocycles. The summed E-state index contributed by atoms with van der Waals surface area (Å²) in [4.78, 5) is 28.3. The highest BCUT2D eigenvalue weighted by Gasteiger charge is 2.54. The first-order valence-corrected chi connectivity index (χ1v) is 16.6. The van der Waals surface area contributed by atoms with Gasteiger partial charge in [-0.1, -0.05) is 45.0 Å². The zero-order valence-electron chi connectivity index (χ0n) is 23.6. The van der Waals surface area contributed by atoms with E-state index in [0.717, 1.165) is 12.3 Å². The molecule has 5 rings (SSSR count). The maximum Gasteiger partial charge on any atom is 0.286 e. The standard InChI is InChI=1S/C29H32N4O7S2/c1-28(2,3)13-14-29(30-17-19-8-7-15-40-19)21-10-6-5-9-20(21)25(34)24(26(29)35)27-31-22-12-11-18(32-41(4,36)37)16-23(22)42(38,39)33-27/h5-12,15-16,24,30,32H,13-14,17H2,1-4H3,(H,31,33). The van der Waals surface area contributed by atoms with E-state index in [1.165, 1.54) is 18.4 Å². The number of Topliss-reactive ketones (excluding diaryl/α,β-unsaturated/α-hetero) is 2. The van der Waals surface area contributed by atoms with Gasteiger partial charge in [0.1, 0.15) is 27.9 Å². The van der Waals surface area contributed by atoms with Crippen LogP contribution in [0, 0.1) is 11.3 Å². The van der Waals surface area contributed by atoms with Gasteiger partial charge in [0, 0.05) is 11.3 Å². The van der Waals surface area contributed by atoms with Crippen molar-refractivity contribution in [1.29, 1.82) is 0 Å². The van der Waals surface area contributed by atoms with E-state index in [-0.39, 0.29) is 34.1 Å². The lowest BCUT2D eigenvalue weighted by atomic mass is 9.66. The number of amidine groups is 1. The van der Waals surface area contributed by atoms with E-state index >= 15 is 0 Å². The number of fused-ring (bicyclic) bond motifs is 2. The first-order valence-electron chi connectivity index (χ1n) is 13.3. The van der Waals surface area contributed by atoms with Crippen molar-refractivity contribution in [3.8, 4) is 0 Å². The Hall–Kier alpha value is -3.81. The van der Waals surface area contributed by atoms with Crippen molar-refractivity contribution in [3.63, 3.8) is 0 Å². The quantitative estimate of drug-likeness (QED) is 0.318. The van der Waals surface area contributed by atoms with Crippen molar-refractivity contribution in [2.75, 3.05) is 16.3 Å². The number of carbonyl (C=O) groups excluding carboxylic acids is 2. The van der Waals surface area contributed by atoms with Crippen LogP contribution in [0.4, 0.5) is 11.4 Å². The number of ketones is 2. The van der Waals surface area contributed by atoms with E-state index in [4.69, 9.17) is 4.42 Å². The van der Waals surface area contributed by atoms with E-state index in [1.54, 1.807) is 36.4 Å². The normalized spacial score (nSPS) is 21.6. The lowest BCUT2D eigenvalue weighted by molar-refractivity contribution is -0.128. The molecule has 2 aromatic carbocycles. The van der Waals surface area contributed by atoms with Gasteiger partial charge in [0.15, 0.2) is 11.6 Å². The Labute approximate surface area is 244 Å². The molecule has 42 heavy (non-hydrogen) atoms. The van der Waals surface area contributed by atoms with Crippen LogP contribution in [-0.2, 0) is 36.9 Å². The van der Waals surface area contributed by atoms with Gasteiger partial charge in [0.2, 0.25) is 10.0 Å². The number of anilines is 2. The molecule has 222 valence electrons. The van der Waals surface area contributed by atoms with E-state index in [0.29, 0.717) is 29.7 Å². The summed E-state index contributed by atoms with van der Waals surface area (Å²) in [6.45, 7) is 6.35. The minimum absolute atomic E-state index is 0.0299. The molecule has 2 unspecified atom stereocenters. The molecule has 0 amide bonds. The Morgan fingerprint density at radius 1 is 1.07 bits per heavy atom. The van der Waals surface area contributed by atoms with Gasteiger partial charge in [0.05, 0.1) is 24.8 Å². The van der Waals surface area contributed by atoms with Crippen LogP contribution in [0.5, 0.6) is 0 Å². The predicted molar refractivity (Wildman–Crippen MR) is 158 cm³/mol. The number of nitrogens with zero attached hydrogens (tertiary/aromatic N) is 1. The first kappa shape index (κ1) is 29.7. The fourth-order valence-electron chi connectivity index (χ4n) is 5.30. The first-order chi connectivity index (χ1) is 19.6. The lowest BCUT2D eigenvalue weighted by Gasteiger charge is -2.42. The number of furan rings is 1. The van der Waals surface area contributed by atoms with Crippen molar-refractivity contribution < 1.29 is 30.8 Å². The molecule has 1 aliphatic heterocycles. The third kappa shape index (κ3) is 5.76. The third-order valence-electron chi connectivity index (χ3n) is 7.31. The van der Waals surface area contributed by atoms with Gasteiger partial charge in [-0.2, -0.15) is 8.42 Å². The number of rotatable bonds is 8. The maximum absolute atomic E-state index is 14.6. The number of benzene rings is 2. The van der Waals surface area contributed by atoms with Crippen molar-refractivity contribution >= 4 is 48.8 Å². The van der Waals surface area contributed by atoms with Gasteiger partial charge >= 0.3 is 0 Å². The highest BCUT2D eigenvalue weighted by molar-refractivity contribution is 7.92. The highest BCUT2D eigenvalue weighted by atomic mass is 32.2. The maximum atomic E-state index is 14.6. The highest BCUT2D eigenvalue weighted by Crippen LogP contribution is 2.43. The van der Waals surface area contributed by atoms with Crippen LogP contribution in [0.3, 0.4) is 0 Å². The molecule has 0 radical (unpaired) electrons. The fourth-order valence-corrected chi connectivity index (χ4v) is 7.03. The van der Waals surface area contributed by atoms with Crippen LogP contribution >= 0.6 is 0 Å². The SMILES string of the molecule is CC(C)(C)CCC1(NCc2ccco2)C(=O)C(C2=NS(=O)(=O)c3cc(NS(C)(=O)=O)ccc3N2)C(=O)c2ccccc21. The summed E-state index contributed by atoms with van der Waals surface area (Å²) in [5.41, 5.74) is -0.602. The lowest BCUT2D eigenvalue weighted by Crippen LogP contribution is -2.59. The molecule has 11 nitrogen and oxygen atoms in total. The average Bonchev–Trinajstić information content (AvgIpc) is 3.41. The zero-order chi connectivity index (χ0) is 30.5. The fraction of sp³-hybridized carbons (Fsp3) is 0.345. The number of hydrogen-bond donors (Lipinski definition) is 3. The number of carbonyl (C=O) groups is 2. The summed E-state index contributed by atoms with van der Waals surface area (Å²) in [6, 6.07) is 14.2. The minimum Gasteiger partial charge on any atom is -0.468 e. The number of sulfonamides is 2. The molecule has 0 saturated carbocycles. The molecule has 3 aromatic rings. The van der Waals surface area contributed by atoms with E-state index in [9.17, 15) is 26.4 Å². The zero-order valence-corrected chi connectivity index (χ0v) is 25.2. The molecular formula is C29H32N4O7S2. The Kier molecular flexibility index (Phi) is 7.40. The van der Waals surface area contributed by atoms with E-state index < -0.39 is 43.1 Å². The van der Waals surface area contributed by atoms with E-state index in [1.807, 2.05) is 0 Å². The van der Waals surface area contributed by atoms with Gasteiger partial charge < -0.3 is 9.73 Å². The van der Waals surface area contributed by atoms with Crippen LogP contribution in [0.1, 0.15) is 55.3 Å². The smallest absolute Gasteiger partial charge is 0.286 e. The third-order valence-corrected chi connectivity index (χ3v) is 9.25. The van der Waals surface area contributed by atoms with Crippen LogP contribution in [-0.4, -0.2) is 40.5 Å². The van der Waals surface area contributed by atoms with Gasteiger partial charge in [0.25, 0.3) is 10.0 Å². The van der Waals surface area contributed by atoms with Crippen molar-refractivity contribution in [2.24, 2.45) is 15.7 Å². The van der Waals surface area contributed by atoms with Crippen LogP contribution < -0.4 is 15.4 Å². The summed E-state index contributed by atoms with van der Waals surface area (Å²) in [5.74, 6) is -2.35. The summed E-state index contributed by atoms with van der Waals surface area (Å²) in [6.07, 6.45) is 3.41. The Morgan fingerprint density at radius 3 is 2.48 bits per heavy atom. The molecule has 2 aliphatic rings. The Balaban J connectivity index is 1.61. The molecule has 2 atom stereocenters. The minimum atomic E-state index is -4.41. The second-order valence-corrected chi connectivity index (χ2v) is 15.1. The largest absolute Gasteiger partial charge is 0.468 e. The summed E-state index contributed by atoms with van der Waals surface area (Å²) in [5, 5.41) is 6.27.